The minimum atomic E-state index is -4.21. The van der Waals surface area contributed by atoms with E-state index in [0.717, 1.165) is 41.1 Å². The Labute approximate surface area is 295 Å². The van der Waals surface area contributed by atoms with Crippen LogP contribution in [0.15, 0.2) is 106 Å². The molecule has 0 spiro atoms. The normalized spacial score (nSPS) is 14.0. The number of rotatable bonds is 12. The number of benzene rings is 4. The first-order valence-corrected chi connectivity index (χ1v) is 18.4. The molecule has 1 fully saturated rings. The minimum absolute atomic E-state index is 0.0110. The number of aryl methyl sites for hydroxylation is 1. The molecule has 2 amide bonds. The molecule has 1 aliphatic carbocycles. The number of hydrogen-bond acceptors (Lipinski definition) is 4. The molecule has 1 atom stereocenters. The highest BCUT2D eigenvalue weighted by atomic mass is 79.9. The van der Waals surface area contributed by atoms with Gasteiger partial charge in [0.1, 0.15) is 12.6 Å². The largest absolute Gasteiger partial charge is 0.352 e. The number of carbonyl (C=O) groups excluding carboxylic acids is 2. The van der Waals surface area contributed by atoms with Crippen LogP contribution in [0.3, 0.4) is 0 Å². The molecule has 0 bridgehead atoms. The molecule has 1 N–H and O–H groups in total. The maximum atomic E-state index is 14.7. The predicted molar refractivity (Wildman–Crippen MR) is 191 cm³/mol. The van der Waals surface area contributed by atoms with Crippen LogP contribution in [0.25, 0.3) is 0 Å². The third-order valence-corrected chi connectivity index (χ3v) is 11.2. The molecule has 11 heteroatoms. The van der Waals surface area contributed by atoms with Gasteiger partial charge >= 0.3 is 0 Å². The Hall–Kier alpha value is -3.37. The average molecular weight is 758 g/mol. The maximum absolute atomic E-state index is 14.7. The standard InChI is InChI=1S/C36H36BrCl2N3O4S/c1-25-14-18-32(19-15-25)47(45,46)42(31-13-7-10-28(37)21-31)24-35(43)41(23-27-16-17-29(38)22-33(27)39)34(20-26-8-3-2-4-9-26)36(44)40-30-11-5-6-12-30/h2-4,7-10,13-19,21-22,30,34H,5-6,11-12,20,23-24H2,1H3,(H,40,44). The van der Waals surface area contributed by atoms with Crippen molar-refractivity contribution in [3.63, 3.8) is 0 Å². The van der Waals surface area contributed by atoms with Crippen LogP contribution < -0.4 is 9.62 Å². The van der Waals surface area contributed by atoms with Crippen LogP contribution in [-0.2, 0) is 32.6 Å². The molecule has 1 saturated carbocycles. The van der Waals surface area contributed by atoms with Crippen LogP contribution in [0.1, 0.15) is 42.4 Å². The second kappa shape index (κ2) is 15.7. The predicted octanol–water partition coefficient (Wildman–Crippen LogP) is 7.96. The molecular formula is C36H36BrCl2N3O4S. The van der Waals surface area contributed by atoms with Gasteiger partial charge in [0.2, 0.25) is 11.8 Å². The van der Waals surface area contributed by atoms with Crippen molar-refractivity contribution in [1.29, 1.82) is 0 Å². The van der Waals surface area contributed by atoms with Crippen LogP contribution in [0, 0.1) is 6.92 Å². The first kappa shape index (κ1) is 35.0. The summed E-state index contributed by atoms with van der Waals surface area (Å²) < 4.78 is 30.2. The molecule has 0 radical (unpaired) electrons. The van der Waals surface area contributed by atoms with E-state index in [1.165, 1.54) is 17.0 Å². The third kappa shape index (κ3) is 8.96. The Kier molecular flexibility index (Phi) is 11.7. The molecule has 0 aromatic heterocycles. The molecule has 0 saturated heterocycles. The van der Waals surface area contributed by atoms with Crippen molar-refractivity contribution < 1.29 is 18.0 Å². The molecule has 4 aromatic carbocycles. The van der Waals surface area contributed by atoms with E-state index in [0.29, 0.717) is 25.8 Å². The lowest BCUT2D eigenvalue weighted by Crippen LogP contribution is -2.54. The van der Waals surface area contributed by atoms with Crippen LogP contribution in [0.4, 0.5) is 5.69 Å². The number of amides is 2. The topological polar surface area (TPSA) is 86.8 Å². The summed E-state index contributed by atoms with van der Waals surface area (Å²) in [6.45, 7) is 1.27. The molecule has 0 aliphatic heterocycles. The second-order valence-electron chi connectivity index (χ2n) is 11.8. The van der Waals surface area contributed by atoms with E-state index in [2.05, 4.69) is 21.2 Å². The van der Waals surface area contributed by atoms with Gasteiger partial charge in [-0.2, -0.15) is 0 Å². The van der Waals surface area contributed by atoms with Crippen molar-refractivity contribution in [2.75, 3.05) is 10.8 Å². The number of carbonyl (C=O) groups is 2. The van der Waals surface area contributed by atoms with Gasteiger partial charge in [0.15, 0.2) is 0 Å². The first-order chi connectivity index (χ1) is 22.5. The van der Waals surface area contributed by atoms with Crippen molar-refractivity contribution in [1.82, 2.24) is 10.2 Å². The summed E-state index contributed by atoms with van der Waals surface area (Å²) in [5.74, 6) is -0.858. The van der Waals surface area contributed by atoms with Crippen molar-refractivity contribution in [2.45, 2.75) is 62.6 Å². The molecule has 1 aliphatic rings. The molecule has 0 heterocycles. The van der Waals surface area contributed by atoms with Gasteiger partial charge in [0.05, 0.1) is 10.6 Å². The highest BCUT2D eigenvalue weighted by Crippen LogP contribution is 2.29. The Bertz CT molecular complexity index is 1820. The summed E-state index contributed by atoms with van der Waals surface area (Å²) in [4.78, 5) is 30.3. The molecular weight excluding hydrogens is 721 g/mol. The fourth-order valence-electron chi connectivity index (χ4n) is 5.75. The summed E-state index contributed by atoms with van der Waals surface area (Å²) in [5, 5.41) is 3.94. The van der Waals surface area contributed by atoms with E-state index < -0.39 is 28.5 Å². The quantitative estimate of drug-likeness (QED) is 0.159. The average Bonchev–Trinajstić information content (AvgIpc) is 3.56. The maximum Gasteiger partial charge on any atom is 0.264 e. The monoisotopic (exact) mass is 755 g/mol. The van der Waals surface area contributed by atoms with E-state index in [1.807, 2.05) is 37.3 Å². The smallest absolute Gasteiger partial charge is 0.264 e. The number of nitrogens with one attached hydrogen (secondary N) is 1. The number of nitrogens with zero attached hydrogens (tertiary/aromatic N) is 2. The van der Waals surface area contributed by atoms with Crippen molar-refractivity contribution >= 4 is 66.7 Å². The Morgan fingerprint density at radius 3 is 2.28 bits per heavy atom. The van der Waals surface area contributed by atoms with E-state index in [-0.39, 0.29) is 29.8 Å². The lowest BCUT2D eigenvalue weighted by Gasteiger charge is -2.34. The van der Waals surface area contributed by atoms with E-state index in [9.17, 15) is 18.0 Å². The summed E-state index contributed by atoms with van der Waals surface area (Å²) in [6, 6.07) is 26.7. The molecule has 7 nitrogen and oxygen atoms in total. The lowest BCUT2D eigenvalue weighted by molar-refractivity contribution is -0.140. The Morgan fingerprint density at radius 1 is 0.915 bits per heavy atom. The van der Waals surface area contributed by atoms with Gasteiger partial charge in [-0.3, -0.25) is 13.9 Å². The summed E-state index contributed by atoms with van der Waals surface area (Å²) in [6.07, 6.45) is 4.00. The van der Waals surface area contributed by atoms with Gasteiger partial charge in [-0.05, 0) is 73.4 Å². The fourth-order valence-corrected chi connectivity index (χ4v) is 8.01. The van der Waals surface area contributed by atoms with Crippen molar-refractivity contribution in [2.24, 2.45) is 0 Å². The summed E-state index contributed by atoms with van der Waals surface area (Å²) in [5.41, 5.74) is 2.63. The zero-order chi connectivity index (χ0) is 33.6. The third-order valence-electron chi connectivity index (χ3n) is 8.31. The molecule has 1 unspecified atom stereocenters. The zero-order valence-corrected chi connectivity index (χ0v) is 29.8. The van der Waals surface area contributed by atoms with Crippen LogP contribution in [0.2, 0.25) is 10.0 Å². The highest BCUT2D eigenvalue weighted by molar-refractivity contribution is 9.10. The molecule has 4 aromatic rings. The Morgan fingerprint density at radius 2 is 1.62 bits per heavy atom. The van der Waals surface area contributed by atoms with Gasteiger partial charge in [-0.15, -0.1) is 0 Å². The van der Waals surface area contributed by atoms with E-state index in [4.69, 9.17) is 23.2 Å². The Balaban J connectivity index is 1.58. The van der Waals surface area contributed by atoms with E-state index in [1.54, 1.807) is 54.6 Å². The molecule has 5 rings (SSSR count). The number of anilines is 1. The van der Waals surface area contributed by atoms with Gasteiger partial charge < -0.3 is 10.2 Å². The summed E-state index contributed by atoms with van der Waals surface area (Å²) >= 11 is 16.2. The first-order valence-electron chi connectivity index (χ1n) is 15.4. The molecule has 47 heavy (non-hydrogen) atoms. The minimum Gasteiger partial charge on any atom is -0.352 e. The number of sulfonamides is 1. The zero-order valence-electron chi connectivity index (χ0n) is 25.9. The van der Waals surface area contributed by atoms with Gasteiger partial charge in [0.25, 0.3) is 10.0 Å². The van der Waals surface area contributed by atoms with Crippen LogP contribution in [-0.4, -0.2) is 43.8 Å². The number of hydrogen-bond donors (Lipinski definition) is 1. The van der Waals surface area contributed by atoms with Crippen molar-refractivity contribution in [3.8, 4) is 0 Å². The van der Waals surface area contributed by atoms with Gasteiger partial charge in [0, 0.05) is 33.5 Å². The highest BCUT2D eigenvalue weighted by Gasteiger charge is 2.36. The second-order valence-corrected chi connectivity index (χ2v) is 15.4. The SMILES string of the molecule is Cc1ccc(S(=O)(=O)N(CC(=O)N(Cc2ccc(Cl)cc2Cl)C(Cc2ccccc2)C(=O)NC2CCCC2)c2cccc(Br)c2)cc1. The molecule has 246 valence electrons. The van der Waals surface area contributed by atoms with Gasteiger partial charge in [-0.25, -0.2) is 8.42 Å². The van der Waals surface area contributed by atoms with Gasteiger partial charge in [-0.1, -0.05) is 112 Å². The number of halogens is 3. The van der Waals surface area contributed by atoms with E-state index >= 15 is 0 Å². The summed E-state index contributed by atoms with van der Waals surface area (Å²) in [7, 11) is -4.21. The lowest BCUT2D eigenvalue weighted by atomic mass is 10.0. The van der Waals surface area contributed by atoms with Crippen LogP contribution in [0.5, 0.6) is 0 Å². The fraction of sp³-hybridized carbons (Fsp3) is 0.278. The van der Waals surface area contributed by atoms with Crippen LogP contribution >= 0.6 is 39.1 Å². The van der Waals surface area contributed by atoms with Crippen molar-refractivity contribution in [3.05, 3.63) is 128 Å².